The van der Waals surface area contributed by atoms with E-state index in [4.69, 9.17) is 0 Å². The maximum atomic E-state index is 12.8. The van der Waals surface area contributed by atoms with Crippen LogP contribution in [-0.2, 0) is 4.79 Å². The lowest BCUT2D eigenvalue weighted by Gasteiger charge is -2.09. The average Bonchev–Trinajstić information content (AvgIpc) is 2.85. The number of hydrogen-bond donors (Lipinski definition) is 2. The first-order valence-electron chi connectivity index (χ1n) is 10.3. The molecule has 0 aliphatic heterocycles. The van der Waals surface area contributed by atoms with Crippen LogP contribution in [0.3, 0.4) is 0 Å². The van der Waals surface area contributed by atoms with E-state index in [1.165, 1.54) is 30.5 Å². The van der Waals surface area contributed by atoms with Crippen LogP contribution in [0, 0.1) is 10.1 Å². The number of nitrogens with one attached hydrogen (secondary N) is 2. The first kappa shape index (κ1) is 23.8. The van der Waals surface area contributed by atoms with E-state index in [0.29, 0.717) is 11.1 Å². The van der Waals surface area contributed by atoms with Gasteiger partial charge in [0.1, 0.15) is 5.70 Å². The van der Waals surface area contributed by atoms with Crippen LogP contribution >= 0.6 is 0 Å². The van der Waals surface area contributed by atoms with Crippen LogP contribution in [-0.4, -0.2) is 23.0 Å². The molecule has 0 aromatic heterocycles. The molecule has 8 nitrogen and oxygen atoms in total. The van der Waals surface area contributed by atoms with Gasteiger partial charge in [-0.25, -0.2) is 5.43 Å². The lowest BCUT2D eigenvalue weighted by Crippen LogP contribution is -2.33. The van der Waals surface area contributed by atoms with Gasteiger partial charge in [-0.15, -0.1) is 0 Å². The van der Waals surface area contributed by atoms with E-state index in [1.807, 2.05) is 43.3 Å². The number of non-ortho nitro benzene ring substituents is 1. The third kappa shape index (κ3) is 7.10. The molecular weight excluding hydrogens is 432 g/mol. The lowest BCUT2D eigenvalue weighted by molar-refractivity contribution is -0.384. The summed E-state index contributed by atoms with van der Waals surface area (Å²) in [5.41, 5.74) is 5.00. The van der Waals surface area contributed by atoms with Gasteiger partial charge in [0, 0.05) is 17.7 Å². The fraction of sp³-hybridized carbons (Fsp3) is 0.0385. The molecule has 170 valence electrons. The first-order chi connectivity index (χ1) is 16.4. The molecule has 0 bridgehead atoms. The molecular formula is C26H22N4O4. The summed E-state index contributed by atoms with van der Waals surface area (Å²) in [7, 11) is 0. The highest BCUT2D eigenvalue weighted by molar-refractivity contribution is 6.03. The normalized spacial score (nSPS) is 11.8. The van der Waals surface area contributed by atoms with Crippen LogP contribution in [0.5, 0.6) is 0 Å². The lowest BCUT2D eigenvalue weighted by atomic mass is 10.1. The molecule has 2 N–H and O–H groups in total. The number of hydrogen-bond acceptors (Lipinski definition) is 5. The van der Waals surface area contributed by atoms with Crippen LogP contribution in [0.1, 0.15) is 28.4 Å². The Bertz CT molecular complexity index is 1250. The maximum absolute atomic E-state index is 12.8. The van der Waals surface area contributed by atoms with Crippen molar-refractivity contribution in [3.8, 4) is 0 Å². The molecule has 0 radical (unpaired) electrons. The Labute approximate surface area is 196 Å². The minimum absolute atomic E-state index is 0.0133. The molecule has 0 saturated heterocycles. The van der Waals surface area contributed by atoms with Crippen LogP contribution in [0.15, 0.2) is 107 Å². The van der Waals surface area contributed by atoms with Crippen molar-refractivity contribution in [1.82, 2.24) is 10.7 Å². The SMILES string of the molecule is CC(/C=C(\NC(=O)c1ccccc1)C(=O)N/N=C\c1ccc([N+](=O)[O-])cc1)=C\c1ccccc1. The van der Waals surface area contributed by atoms with E-state index in [9.17, 15) is 19.7 Å². The zero-order valence-corrected chi connectivity index (χ0v) is 18.3. The summed E-state index contributed by atoms with van der Waals surface area (Å²) in [6.45, 7) is 1.81. The van der Waals surface area contributed by atoms with Crippen LogP contribution in [0.4, 0.5) is 5.69 Å². The van der Waals surface area contributed by atoms with E-state index in [-0.39, 0.29) is 11.4 Å². The number of allylic oxidation sites excluding steroid dienone is 2. The number of hydrazone groups is 1. The molecule has 2 amide bonds. The number of carbonyl (C=O) groups excluding carboxylic acids is 2. The third-order valence-corrected chi connectivity index (χ3v) is 4.58. The van der Waals surface area contributed by atoms with Gasteiger partial charge in [0.25, 0.3) is 17.5 Å². The average molecular weight is 454 g/mol. The van der Waals surface area contributed by atoms with E-state index in [0.717, 1.165) is 11.1 Å². The monoisotopic (exact) mass is 454 g/mol. The Hall–Kier alpha value is -4.85. The molecule has 34 heavy (non-hydrogen) atoms. The Morgan fingerprint density at radius 2 is 1.50 bits per heavy atom. The van der Waals surface area contributed by atoms with Crippen molar-refractivity contribution in [2.24, 2.45) is 5.10 Å². The first-order valence-corrected chi connectivity index (χ1v) is 10.3. The summed E-state index contributed by atoms with van der Waals surface area (Å²) in [5.74, 6) is -1.06. The fourth-order valence-corrected chi connectivity index (χ4v) is 2.93. The molecule has 0 atom stereocenters. The molecule has 3 rings (SSSR count). The topological polar surface area (TPSA) is 114 Å². The number of carbonyl (C=O) groups is 2. The number of nitro groups is 1. The van der Waals surface area contributed by atoms with Gasteiger partial charge in [-0.1, -0.05) is 54.6 Å². The molecule has 3 aromatic carbocycles. The summed E-state index contributed by atoms with van der Waals surface area (Å²) in [6.07, 6.45) is 4.79. The van der Waals surface area contributed by atoms with E-state index in [1.54, 1.807) is 36.4 Å². The summed E-state index contributed by atoms with van der Waals surface area (Å²) in [5, 5.41) is 17.3. The number of amides is 2. The van der Waals surface area contributed by atoms with Crippen molar-refractivity contribution in [1.29, 1.82) is 0 Å². The minimum atomic E-state index is -0.622. The number of nitro benzene ring substituents is 1. The Morgan fingerprint density at radius 1 is 0.882 bits per heavy atom. The smallest absolute Gasteiger partial charge is 0.287 e. The van der Waals surface area contributed by atoms with Crippen molar-refractivity contribution < 1.29 is 14.5 Å². The molecule has 0 aliphatic rings. The standard InChI is InChI=1S/C26H22N4O4/c1-19(16-20-8-4-2-5-9-20)17-24(28-25(31)22-10-6-3-7-11-22)26(32)29-27-18-21-12-14-23(15-13-21)30(33)34/h2-18H,1H3,(H,28,31)(H,29,32)/b19-16+,24-17-,27-18-. The van der Waals surface area contributed by atoms with E-state index in [2.05, 4.69) is 15.8 Å². The van der Waals surface area contributed by atoms with Crippen molar-refractivity contribution in [2.45, 2.75) is 6.92 Å². The van der Waals surface area contributed by atoms with Gasteiger partial charge < -0.3 is 5.32 Å². The molecule has 3 aromatic rings. The van der Waals surface area contributed by atoms with Gasteiger partial charge >= 0.3 is 0 Å². The number of benzene rings is 3. The van der Waals surface area contributed by atoms with Gasteiger partial charge in [0.15, 0.2) is 0 Å². The van der Waals surface area contributed by atoms with E-state index < -0.39 is 16.7 Å². The van der Waals surface area contributed by atoms with Gasteiger partial charge in [-0.2, -0.15) is 5.10 Å². The predicted octanol–water partition coefficient (Wildman–Crippen LogP) is 4.46. The van der Waals surface area contributed by atoms with Crippen molar-refractivity contribution >= 4 is 29.8 Å². The Kier molecular flexibility index (Phi) is 8.18. The van der Waals surface area contributed by atoms with Crippen molar-refractivity contribution in [3.05, 3.63) is 129 Å². The Morgan fingerprint density at radius 3 is 2.12 bits per heavy atom. The molecule has 8 heteroatoms. The van der Waals surface area contributed by atoms with Gasteiger partial charge in [0.2, 0.25) is 0 Å². The fourth-order valence-electron chi connectivity index (χ4n) is 2.93. The second-order valence-corrected chi connectivity index (χ2v) is 7.22. The molecule has 0 aliphatic carbocycles. The second-order valence-electron chi connectivity index (χ2n) is 7.22. The van der Waals surface area contributed by atoms with E-state index >= 15 is 0 Å². The van der Waals surface area contributed by atoms with Crippen LogP contribution < -0.4 is 10.7 Å². The minimum Gasteiger partial charge on any atom is -0.317 e. The second kappa shape index (κ2) is 11.7. The number of nitrogens with zero attached hydrogens (tertiary/aromatic N) is 2. The quantitative estimate of drug-likeness (QED) is 0.172. The Balaban J connectivity index is 1.78. The maximum Gasteiger partial charge on any atom is 0.287 e. The van der Waals surface area contributed by atoms with Crippen LogP contribution in [0.2, 0.25) is 0 Å². The highest BCUT2D eigenvalue weighted by Gasteiger charge is 2.14. The third-order valence-electron chi connectivity index (χ3n) is 4.58. The van der Waals surface area contributed by atoms with Crippen LogP contribution in [0.25, 0.3) is 6.08 Å². The summed E-state index contributed by atoms with van der Waals surface area (Å²) >= 11 is 0. The van der Waals surface area contributed by atoms with Gasteiger partial charge in [0.05, 0.1) is 11.1 Å². The molecule has 0 unspecified atom stereocenters. The highest BCUT2D eigenvalue weighted by atomic mass is 16.6. The summed E-state index contributed by atoms with van der Waals surface area (Å²) in [6, 6.07) is 23.8. The van der Waals surface area contributed by atoms with Crippen molar-refractivity contribution in [2.75, 3.05) is 0 Å². The zero-order chi connectivity index (χ0) is 24.3. The number of rotatable bonds is 8. The molecule has 0 saturated carbocycles. The largest absolute Gasteiger partial charge is 0.317 e. The predicted molar refractivity (Wildman–Crippen MR) is 131 cm³/mol. The molecule has 0 fully saturated rings. The van der Waals surface area contributed by atoms with Gasteiger partial charge in [-0.3, -0.25) is 19.7 Å². The summed E-state index contributed by atoms with van der Waals surface area (Å²) in [4.78, 5) is 35.7. The zero-order valence-electron chi connectivity index (χ0n) is 18.3. The molecule has 0 heterocycles. The molecule has 0 spiro atoms. The van der Waals surface area contributed by atoms with Gasteiger partial charge in [-0.05, 0) is 54.0 Å². The highest BCUT2D eigenvalue weighted by Crippen LogP contribution is 2.11. The summed E-state index contributed by atoms with van der Waals surface area (Å²) < 4.78 is 0. The van der Waals surface area contributed by atoms with Crippen molar-refractivity contribution in [3.63, 3.8) is 0 Å².